The molecule has 196 valence electrons. The van der Waals surface area contributed by atoms with Gasteiger partial charge >= 0.3 is 0 Å². The van der Waals surface area contributed by atoms with Crippen molar-refractivity contribution in [3.63, 3.8) is 0 Å². The number of nitrogens with zero attached hydrogens (tertiary/aromatic N) is 2. The first-order chi connectivity index (χ1) is 17.3. The fraction of sp³-hybridized carbons (Fsp3) is 0.688. The Kier molecular flexibility index (Phi) is 17.0. The second kappa shape index (κ2) is 20.3. The second-order valence-corrected chi connectivity index (χ2v) is 10.2. The van der Waals surface area contributed by atoms with E-state index in [0.29, 0.717) is 0 Å². The normalized spacial score (nSPS) is 11.1. The van der Waals surface area contributed by atoms with E-state index < -0.39 is 0 Å². The lowest BCUT2D eigenvalue weighted by molar-refractivity contribution is 0.302. The molecule has 3 nitrogen and oxygen atoms in total. The predicted octanol–water partition coefficient (Wildman–Crippen LogP) is 10.1. The number of rotatable bonds is 22. The molecule has 0 aliphatic carbocycles. The van der Waals surface area contributed by atoms with Crippen LogP contribution in [-0.4, -0.2) is 16.6 Å². The fourth-order valence-electron chi connectivity index (χ4n) is 4.60. The maximum atomic E-state index is 5.85. The molecule has 0 saturated carbocycles. The molecular formula is C32H52N2O. The summed E-state index contributed by atoms with van der Waals surface area (Å²) in [6, 6.07) is 8.77. The molecule has 0 N–H and O–H groups in total. The van der Waals surface area contributed by atoms with Gasteiger partial charge < -0.3 is 4.74 Å². The monoisotopic (exact) mass is 480 g/mol. The van der Waals surface area contributed by atoms with Crippen molar-refractivity contribution in [2.24, 2.45) is 0 Å². The summed E-state index contributed by atoms with van der Waals surface area (Å²) in [6.07, 6.45) is 29.1. The molecule has 1 heterocycles. The van der Waals surface area contributed by atoms with Crippen LogP contribution in [0.2, 0.25) is 0 Å². The van der Waals surface area contributed by atoms with Crippen molar-refractivity contribution in [3.05, 3.63) is 42.2 Å². The molecule has 1 aromatic carbocycles. The number of aryl methyl sites for hydroxylation is 1. The first kappa shape index (κ1) is 29.3. The van der Waals surface area contributed by atoms with Crippen LogP contribution >= 0.6 is 0 Å². The summed E-state index contributed by atoms with van der Waals surface area (Å²) in [6.45, 7) is 5.31. The Morgan fingerprint density at radius 1 is 0.543 bits per heavy atom. The second-order valence-electron chi connectivity index (χ2n) is 10.2. The van der Waals surface area contributed by atoms with Gasteiger partial charge in [0.05, 0.1) is 19.0 Å². The van der Waals surface area contributed by atoms with Crippen LogP contribution in [0.4, 0.5) is 0 Å². The van der Waals surface area contributed by atoms with E-state index in [1.165, 1.54) is 121 Å². The maximum absolute atomic E-state index is 5.85. The van der Waals surface area contributed by atoms with Gasteiger partial charge in [-0.1, -0.05) is 141 Å². The molecule has 0 fully saturated rings. The molecule has 1 aromatic heterocycles. The zero-order valence-electron chi connectivity index (χ0n) is 22.9. The number of aromatic nitrogens is 2. The van der Waals surface area contributed by atoms with Crippen molar-refractivity contribution in [1.82, 2.24) is 9.97 Å². The summed E-state index contributed by atoms with van der Waals surface area (Å²) in [5.41, 5.74) is 2.49. The lowest BCUT2D eigenvalue weighted by Gasteiger charge is -2.07. The van der Waals surface area contributed by atoms with Gasteiger partial charge in [0.2, 0.25) is 0 Å². The third kappa shape index (κ3) is 14.3. The zero-order chi connectivity index (χ0) is 24.8. The van der Waals surface area contributed by atoms with Gasteiger partial charge in [-0.3, -0.25) is 0 Å². The van der Waals surface area contributed by atoms with Gasteiger partial charge in [-0.15, -0.1) is 0 Å². The first-order valence-corrected chi connectivity index (χ1v) is 14.9. The Morgan fingerprint density at radius 2 is 1.00 bits per heavy atom. The molecule has 0 amide bonds. The summed E-state index contributed by atoms with van der Waals surface area (Å²) >= 11 is 0. The molecule has 0 radical (unpaired) electrons. The highest BCUT2D eigenvalue weighted by Gasteiger charge is 2.03. The Balaban J connectivity index is 1.54. The highest BCUT2D eigenvalue weighted by molar-refractivity contribution is 5.55. The quantitative estimate of drug-likeness (QED) is 0.157. The number of benzene rings is 1. The smallest absolute Gasteiger partial charge is 0.159 e. The summed E-state index contributed by atoms with van der Waals surface area (Å²) in [5, 5.41) is 0. The van der Waals surface area contributed by atoms with Gasteiger partial charge in [0.25, 0.3) is 0 Å². The molecule has 2 aromatic rings. The van der Waals surface area contributed by atoms with Gasteiger partial charge in [-0.25, -0.2) is 9.97 Å². The van der Waals surface area contributed by atoms with Crippen molar-refractivity contribution >= 4 is 0 Å². The van der Waals surface area contributed by atoms with Crippen LogP contribution in [0.5, 0.6) is 5.75 Å². The topological polar surface area (TPSA) is 35.0 Å². The van der Waals surface area contributed by atoms with Crippen LogP contribution in [0.1, 0.15) is 135 Å². The minimum Gasteiger partial charge on any atom is -0.490 e. The number of unbranched alkanes of at least 4 members (excludes halogenated alkanes) is 16. The lowest BCUT2D eigenvalue weighted by Crippen LogP contribution is -1.99. The molecule has 35 heavy (non-hydrogen) atoms. The molecular weight excluding hydrogens is 428 g/mol. The average molecular weight is 481 g/mol. The van der Waals surface area contributed by atoms with E-state index in [0.717, 1.165) is 30.2 Å². The molecule has 0 aliphatic rings. The van der Waals surface area contributed by atoms with Crippen molar-refractivity contribution in [2.45, 2.75) is 136 Å². The third-order valence-electron chi connectivity index (χ3n) is 6.93. The SMILES string of the molecule is CCCCCCCCCCCCOc1cnc(-c2ccc(CCCCCCCCCC)cc2)nc1. The molecule has 0 aliphatic heterocycles. The molecule has 0 spiro atoms. The van der Waals surface area contributed by atoms with E-state index in [1.807, 2.05) is 12.4 Å². The van der Waals surface area contributed by atoms with E-state index in [9.17, 15) is 0 Å². The van der Waals surface area contributed by atoms with Crippen molar-refractivity contribution in [2.75, 3.05) is 6.61 Å². The van der Waals surface area contributed by atoms with Gasteiger partial charge in [-0.2, -0.15) is 0 Å². The van der Waals surface area contributed by atoms with E-state index in [1.54, 1.807) is 0 Å². The Bertz CT molecular complexity index is 726. The maximum Gasteiger partial charge on any atom is 0.159 e. The highest BCUT2D eigenvalue weighted by atomic mass is 16.5. The Hall–Kier alpha value is -1.90. The Labute approximate surface area is 216 Å². The molecule has 0 saturated heterocycles. The molecule has 0 unspecified atom stereocenters. The van der Waals surface area contributed by atoms with Crippen LogP contribution in [0.15, 0.2) is 36.7 Å². The molecule has 0 bridgehead atoms. The van der Waals surface area contributed by atoms with Crippen LogP contribution in [0.25, 0.3) is 11.4 Å². The summed E-state index contributed by atoms with van der Waals surface area (Å²) in [4.78, 5) is 9.06. The minimum atomic E-state index is 0.757. The average Bonchev–Trinajstić information content (AvgIpc) is 2.89. The van der Waals surface area contributed by atoms with Crippen LogP contribution in [0, 0.1) is 0 Å². The predicted molar refractivity (Wildman–Crippen MR) is 151 cm³/mol. The molecule has 3 heteroatoms. The van der Waals surface area contributed by atoms with Crippen molar-refractivity contribution in [3.8, 4) is 17.1 Å². The largest absolute Gasteiger partial charge is 0.490 e. The highest BCUT2D eigenvalue weighted by Crippen LogP contribution is 2.19. The summed E-state index contributed by atoms with van der Waals surface area (Å²) in [7, 11) is 0. The van der Waals surface area contributed by atoms with Crippen LogP contribution in [0.3, 0.4) is 0 Å². The number of ether oxygens (including phenoxy) is 1. The van der Waals surface area contributed by atoms with Gasteiger partial charge in [0.15, 0.2) is 11.6 Å². The van der Waals surface area contributed by atoms with Crippen LogP contribution in [-0.2, 0) is 6.42 Å². The van der Waals surface area contributed by atoms with E-state index in [2.05, 4.69) is 48.1 Å². The lowest BCUT2D eigenvalue weighted by atomic mass is 10.0. The standard InChI is InChI=1S/C32H52N2O/c1-3-5-7-9-11-13-14-16-18-20-26-35-31-27-33-32(34-28-31)30-24-22-29(23-25-30)21-19-17-15-12-10-8-6-4-2/h22-25,27-28H,3-21,26H2,1-2H3. The van der Waals surface area contributed by atoms with Crippen molar-refractivity contribution < 1.29 is 4.74 Å². The van der Waals surface area contributed by atoms with Gasteiger partial charge in [0.1, 0.15) is 0 Å². The first-order valence-electron chi connectivity index (χ1n) is 14.9. The number of hydrogen-bond donors (Lipinski definition) is 0. The fourth-order valence-corrected chi connectivity index (χ4v) is 4.60. The van der Waals surface area contributed by atoms with Gasteiger partial charge in [-0.05, 0) is 24.8 Å². The minimum absolute atomic E-state index is 0.757. The number of hydrogen-bond acceptors (Lipinski definition) is 3. The van der Waals surface area contributed by atoms with Crippen LogP contribution < -0.4 is 4.74 Å². The van der Waals surface area contributed by atoms with E-state index >= 15 is 0 Å². The van der Waals surface area contributed by atoms with Crippen molar-refractivity contribution in [1.29, 1.82) is 0 Å². The Morgan fingerprint density at radius 3 is 1.51 bits per heavy atom. The van der Waals surface area contributed by atoms with Gasteiger partial charge in [0, 0.05) is 5.56 Å². The van der Waals surface area contributed by atoms with E-state index in [-0.39, 0.29) is 0 Å². The molecule has 2 rings (SSSR count). The zero-order valence-corrected chi connectivity index (χ0v) is 22.9. The summed E-state index contributed by atoms with van der Waals surface area (Å²) < 4.78 is 5.85. The molecule has 0 atom stereocenters. The summed E-state index contributed by atoms with van der Waals surface area (Å²) in [5.74, 6) is 1.55. The third-order valence-corrected chi connectivity index (χ3v) is 6.93. The van der Waals surface area contributed by atoms with E-state index in [4.69, 9.17) is 4.74 Å².